The first kappa shape index (κ1) is 10.8. The molecule has 0 aliphatic heterocycles. The van der Waals surface area contributed by atoms with Gasteiger partial charge in [-0.2, -0.15) is 11.8 Å². The van der Waals surface area contributed by atoms with Crippen LogP contribution in [0, 0.1) is 5.92 Å². The zero-order valence-corrected chi connectivity index (χ0v) is 9.40. The van der Waals surface area contributed by atoms with Crippen molar-refractivity contribution in [3.63, 3.8) is 0 Å². The molecule has 0 radical (unpaired) electrons. The molecular weight excluding hydrogens is 204 g/mol. The zero-order chi connectivity index (χ0) is 9.68. The molecular formula is C9H13ClN2S. The molecule has 1 rings (SSSR count). The Morgan fingerprint density at radius 1 is 1.54 bits per heavy atom. The number of halogens is 1. The largest absolute Gasteiger partial charge is 0.227 e. The quantitative estimate of drug-likeness (QED) is 0.724. The van der Waals surface area contributed by atoms with Crippen molar-refractivity contribution in [2.24, 2.45) is 5.92 Å². The van der Waals surface area contributed by atoms with Crippen LogP contribution in [-0.2, 0) is 5.75 Å². The van der Waals surface area contributed by atoms with Crippen molar-refractivity contribution in [3.05, 3.63) is 23.2 Å². The molecule has 0 atom stereocenters. The van der Waals surface area contributed by atoms with E-state index in [1.165, 1.54) is 0 Å². The third-order valence-electron chi connectivity index (χ3n) is 1.38. The van der Waals surface area contributed by atoms with Crippen molar-refractivity contribution in [2.75, 3.05) is 5.75 Å². The van der Waals surface area contributed by atoms with Crippen LogP contribution in [0.4, 0.5) is 0 Å². The van der Waals surface area contributed by atoms with Gasteiger partial charge in [-0.15, -0.1) is 0 Å². The van der Waals surface area contributed by atoms with Crippen molar-refractivity contribution < 1.29 is 0 Å². The zero-order valence-electron chi connectivity index (χ0n) is 7.83. The van der Waals surface area contributed by atoms with Gasteiger partial charge in [0, 0.05) is 11.9 Å². The average Bonchev–Trinajstić information content (AvgIpc) is 2.03. The van der Waals surface area contributed by atoms with Gasteiger partial charge in [0.05, 0.1) is 5.69 Å². The number of thioether (sulfide) groups is 1. The number of nitrogens with zero attached hydrogens (tertiary/aromatic N) is 2. The minimum Gasteiger partial charge on any atom is -0.227 e. The number of rotatable bonds is 4. The van der Waals surface area contributed by atoms with Crippen LogP contribution in [0.25, 0.3) is 0 Å². The fourth-order valence-electron chi connectivity index (χ4n) is 0.849. The number of hydrogen-bond donors (Lipinski definition) is 0. The first-order chi connectivity index (χ1) is 6.18. The lowest BCUT2D eigenvalue weighted by Gasteiger charge is -2.03. The van der Waals surface area contributed by atoms with Crippen LogP contribution in [0.5, 0.6) is 0 Å². The molecule has 72 valence electrons. The number of aromatic nitrogens is 2. The van der Waals surface area contributed by atoms with E-state index >= 15 is 0 Å². The molecule has 13 heavy (non-hydrogen) atoms. The van der Waals surface area contributed by atoms with E-state index in [2.05, 4.69) is 23.8 Å². The predicted molar refractivity (Wildman–Crippen MR) is 58.0 cm³/mol. The first-order valence-electron chi connectivity index (χ1n) is 4.23. The van der Waals surface area contributed by atoms with Gasteiger partial charge in [-0.05, 0) is 29.3 Å². The minimum absolute atomic E-state index is 0.336. The summed E-state index contributed by atoms with van der Waals surface area (Å²) in [5, 5.41) is 0.336. The van der Waals surface area contributed by atoms with Gasteiger partial charge in [0.15, 0.2) is 0 Å². The van der Waals surface area contributed by atoms with E-state index in [0.717, 1.165) is 23.1 Å². The lowest BCUT2D eigenvalue weighted by Crippen LogP contribution is -1.94. The van der Waals surface area contributed by atoms with Crippen LogP contribution in [0.1, 0.15) is 19.5 Å². The average molecular weight is 217 g/mol. The third kappa shape index (κ3) is 4.48. The van der Waals surface area contributed by atoms with Gasteiger partial charge in [0.2, 0.25) is 5.28 Å². The maximum absolute atomic E-state index is 5.65. The normalized spacial score (nSPS) is 10.8. The molecule has 0 bridgehead atoms. The molecule has 1 aromatic rings. The molecule has 0 fully saturated rings. The Morgan fingerprint density at radius 3 is 2.92 bits per heavy atom. The van der Waals surface area contributed by atoms with Crippen LogP contribution in [0.2, 0.25) is 5.28 Å². The fraction of sp³-hybridized carbons (Fsp3) is 0.556. The fourth-order valence-corrected chi connectivity index (χ4v) is 1.97. The van der Waals surface area contributed by atoms with Crippen molar-refractivity contribution in [1.29, 1.82) is 0 Å². The molecule has 1 heterocycles. The van der Waals surface area contributed by atoms with Gasteiger partial charge >= 0.3 is 0 Å². The highest BCUT2D eigenvalue weighted by Gasteiger charge is 1.98. The van der Waals surface area contributed by atoms with Crippen LogP contribution < -0.4 is 0 Å². The molecule has 0 aliphatic rings. The van der Waals surface area contributed by atoms with Crippen molar-refractivity contribution in [3.8, 4) is 0 Å². The van der Waals surface area contributed by atoms with E-state index in [4.69, 9.17) is 11.6 Å². The molecule has 0 unspecified atom stereocenters. The van der Waals surface area contributed by atoms with Crippen molar-refractivity contribution >= 4 is 23.4 Å². The summed E-state index contributed by atoms with van der Waals surface area (Å²) in [6, 6.07) is 1.90. The van der Waals surface area contributed by atoms with Gasteiger partial charge < -0.3 is 0 Å². The van der Waals surface area contributed by atoms with E-state index < -0.39 is 0 Å². The second kappa shape index (κ2) is 5.45. The Balaban J connectivity index is 2.37. The van der Waals surface area contributed by atoms with Gasteiger partial charge in [0.25, 0.3) is 0 Å². The van der Waals surface area contributed by atoms with Crippen molar-refractivity contribution in [1.82, 2.24) is 9.97 Å². The molecule has 0 aliphatic carbocycles. The summed E-state index contributed by atoms with van der Waals surface area (Å²) in [6.45, 7) is 4.42. The Kier molecular flexibility index (Phi) is 4.53. The summed E-state index contributed by atoms with van der Waals surface area (Å²) >= 11 is 7.53. The lowest BCUT2D eigenvalue weighted by atomic mass is 10.3. The number of hydrogen-bond acceptors (Lipinski definition) is 3. The van der Waals surface area contributed by atoms with Crippen LogP contribution >= 0.6 is 23.4 Å². The Morgan fingerprint density at radius 2 is 2.31 bits per heavy atom. The molecule has 0 N–H and O–H groups in total. The molecule has 2 nitrogen and oxygen atoms in total. The second-order valence-electron chi connectivity index (χ2n) is 3.23. The highest BCUT2D eigenvalue weighted by Crippen LogP contribution is 2.14. The third-order valence-corrected chi connectivity index (χ3v) is 2.97. The molecule has 0 spiro atoms. The monoisotopic (exact) mass is 216 g/mol. The topological polar surface area (TPSA) is 25.8 Å². The van der Waals surface area contributed by atoms with Crippen LogP contribution in [-0.4, -0.2) is 15.7 Å². The lowest BCUT2D eigenvalue weighted by molar-refractivity contribution is 0.750. The predicted octanol–water partition coefficient (Wildman–Crippen LogP) is 3.02. The standard InChI is InChI=1S/C9H13ClN2S/c1-7(2)5-13-6-8-3-4-11-9(10)12-8/h3-4,7H,5-6H2,1-2H3. The van der Waals surface area contributed by atoms with Gasteiger partial charge in [-0.3, -0.25) is 0 Å². The van der Waals surface area contributed by atoms with Crippen LogP contribution in [0.15, 0.2) is 12.3 Å². The Hall–Kier alpha value is -0.280. The smallest absolute Gasteiger partial charge is 0.222 e. The Labute approximate surface area is 88.1 Å². The highest BCUT2D eigenvalue weighted by atomic mass is 35.5. The van der Waals surface area contributed by atoms with E-state index in [9.17, 15) is 0 Å². The summed E-state index contributed by atoms with van der Waals surface area (Å²) in [5.74, 6) is 2.80. The van der Waals surface area contributed by atoms with Gasteiger partial charge in [0.1, 0.15) is 0 Å². The summed E-state index contributed by atoms with van der Waals surface area (Å²) in [4.78, 5) is 7.93. The van der Waals surface area contributed by atoms with E-state index in [0.29, 0.717) is 5.28 Å². The molecule has 0 amide bonds. The van der Waals surface area contributed by atoms with Gasteiger partial charge in [-0.1, -0.05) is 13.8 Å². The Bertz CT molecular complexity index is 266. The molecule has 0 saturated carbocycles. The molecule has 4 heteroatoms. The molecule has 1 aromatic heterocycles. The van der Waals surface area contributed by atoms with E-state index in [1.807, 2.05) is 17.8 Å². The summed E-state index contributed by atoms with van der Waals surface area (Å²) in [7, 11) is 0. The minimum atomic E-state index is 0.336. The van der Waals surface area contributed by atoms with E-state index in [-0.39, 0.29) is 0 Å². The maximum atomic E-state index is 5.65. The maximum Gasteiger partial charge on any atom is 0.222 e. The van der Waals surface area contributed by atoms with Crippen molar-refractivity contribution in [2.45, 2.75) is 19.6 Å². The summed E-state index contributed by atoms with van der Waals surface area (Å²) < 4.78 is 0. The summed E-state index contributed by atoms with van der Waals surface area (Å²) in [6.07, 6.45) is 1.70. The van der Waals surface area contributed by atoms with Crippen LogP contribution in [0.3, 0.4) is 0 Å². The van der Waals surface area contributed by atoms with E-state index in [1.54, 1.807) is 6.20 Å². The SMILES string of the molecule is CC(C)CSCc1ccnc(Cl)n1. The highest BCUT2D eigenvalue weighted by molar-refractivity contribution is 7.98. The molecule has 0 aromatic carbocycles. The van der Waals surface area contributed by atoms with Gasteiger partial charge in [-0.25, -0.2) is 9.97 Å². The summed E-state index contributed by atoms with van der Waals surface area (Å²) in [5.41, 5.74) is 1.01. The molecule has 0 saturated heterocycles. The second-order valence-corrected chi connectivity index (χ2v) is 4.59. The first-order valence-corrected chi connectivity index (χ1v) is 5.77.